The van der Waals surface area contributed by atoms with Gasteiger partial charge in [-0.2, -0.15) is 0 Å². The first-order valence-electron chi connectivity index (χ1n) is 10.7. The lowest BCUT2D eigenvalue weighted by molar-refractivity contribution is 0.0976. The number of ether oxygens (including phenoxy) is 2. The van der Waals surface area contributed by atoms with Crippen molar-refractivity contribution >= 4 is 17.4 Å². The Balaban J connectivity index is 1.48. The number of imidazole rings is 1. The normalized spacial score (nSPS) is 13.4. The monoisotopic (exact) mass is 432 g/mol. The standard InChI is InChI=1S/C25H28N4O3/c1-17(10-13-31-2)20-8-9-22(32-3)21-14-23(27-24(20)21)28-25(30)19-6-4-18(5-7-19)15-29-12-11-26-16-29/h4-9,11-12,16-17H,10,13-15H2,1-3H3,(H,27,28,30). The van der Waals surface area contributed by atoms with E-state index in [4.69, 9.17) is 14.5 Å². The number of nitrogens with zero attached hydrogens (tertiary/aromatic N) is 3. The zero-order valence-electron chi connectivity index (χ0n) is 18.7. The van der Waals surface area contributed by atoms with Gasteiger partial charge in [0.2, 0.25) is 0 Å². The maximum atomic E-state index is 12.8. The highest BCUT2D eigenvalue weighted by atomic mass is 16.5. The summed E-state index contributed by atoms with van der Waals surface area (Å²) < 4.78 is 12.8. The molecule has 0 spiro atoms. The van der Waals surface area contributed by atoms with Gasteiger partial charge >= 0.3 is 0 Å². The summed E-state index contributed by atoms with van der Waals surface area (Å²) in [5.74, 6) is 1.55. The third-order valence-electron chi connectivity index (χ3n) is 5.77. The molecule has 3 aromatic rings. The Morgan fingerprint density at radius 2 is 2.00 bits per heavy atom. The largest absolute Gasteiger partial charge is 0.496 e. The molecular formula is C25H28N4O3. The molecule has 0 fully saturated rings. The summed E-state index contributed by atoms with van der Waals surface area (Å²) in [7, 11) is 3.37. The summed E-state index contributed by atoms with van der Waals surface area (Å²) in [6.07, 6.45) is 6.87. The summed E-state index contributed by atoms with van der Waals surface area (Å²) in [6.45, 7) is 3.57. The lowest BCUT2D eigenvalue weighted by Gasteiger charge is -2.16. The van der Waals surface area contributed by atoms with Crippen LogP contribution in [0.2, 0.25) is 0 Å². The van der Waals surface area contributed by atoms with Gasteiger partial charge < -0.3 is 19.4 Å². The van der Waals surface area contributed by atoms with E-state index in [9.17, 15) is 4.79 Å². The number of aliphatic imine (C=N–C) groups is 1. The number of carbonyl (C=O) groups is 1. The van der Waals surface area contributed by atoms with Gasteiger partial charge in [0.15, 0.2) is 0 Å². The molecule has 1 amide bonds. The highest BCUT2D eigenvalue weighted by Gasteiger charge is 2.25. The molecule has 0 radical (unpaired) electrons. The van der Waals surface area contributed by atoms with E-state index in [2.05, 4.69) is 23.3 Å². The van der Waals surface area contributed by atoms with Gasteiger partial charge in [-0.15, -0.1) is 0 Å². The first-order valence-corrected chi connectivity index (χ1v) is 10.7. The number of rotatable bonds is 8. The first kappa shape index (κ1) is 21.8. The van der Waals surface area contributed by atoms with Gasteiger partial charge in [0.25, 0.3) is 5.91 Å². The SMILES string of the molecule is COCCC(C)c1ccc(OC)c2c1N=C(NC(=O)c1ccc(Cn3ccnc3)cc1)C2. The summed E-state index contributed by atoms with van der Waals surface area (Å²) >= 11 is 0. The quantitative estimate of drug-likeness (QED) is 0.581. The average Bonchev–Trinajstić information content (AvgIpc) is 3.47. The van der Waals surface area contributed by atoms with Crippen molar-refractivity contribution in [2.75, 3.05) is 20.8 Å². The molecule has 7 nitrogen and oxygen atoms in total. The third kappa shape index (κ3) is 4.73. The van der Waals surface area contributed by atoms with Crippen LogP contribution >= 0.6 is 0 Å². The maximum absolute atomic E-state index is 12.8. The minimum Gasteiger partial charge on any atom is -0.496 e. The van der Waals surface area contributed by atoms with Gasteiger partial charge in [-0.1, -0.05) is 25.1 Å². The molecule has 32 heavy (non-hydrogen) atoms. The van der Waals surface area contributed by atoms with Crippen LogP contribution in [0.4, 0.5) is 5.69 Å². The van der Waals surface area contributed by atoms with Crippen LogP contribution in [0.5, 0.6) is 5.75 Å². The molecule has 166 valence electrons. The van der Waals surface area contributed by atoms with Crippen molar-refractivity contribution < 1.29 is 14.3 Å². The number of amidine groups is 1. The number of carbonyl (C=O) groups excluding carboxylic acids is 1. The minimum absolute atomic E-state index is 0.168. The van der Waals surface area contributed by atoms with Crippen LogP contribution < -0.4 is 10.1 Å². The summed E-state index contributed by atoms with van der Waals surface area (Å²) in [6, 6.07) is 11.6. The molecule has 1 aliphatic rings. The molecule has 7 heteroatoms. The van der Waals surface area contributed by atoms with Crippen molar-refractivity contribution in [2.24, 2.45) is 4.99 Å². The van der Waals surface area contributed by atoms with E-state index in [1.54, 1.807) is 26.7 Å². The first-order chi connectivity index (χ1) is 15.6. The number of hydrogen-bond donors (Lipinski definition) is 1. The van der Waals surface area contributed by atoms with E-state index in [0.29, 0.717) is 31.0 Å². The zero-order chi connectivity index (χ0) is 22.5. The lowest BCUT2D eigenvalue weighted by Crippen LogP contribution is -2.30. The Hall–Kier alpha value is -3.45. The predicted octanol–water partition coefficient (Wildman–Crippen LogP) is 4.10. The Morgan fingerprint density at radius 3 is 2.69 bits per heavy atom. The second-order valence-electron chi connectivity index (χ2n) is 7.99. The van der Waals surface area contributed by atoms with Gasteiger partial charge in [-0.05, 0) is 41.7 Å². The molecule has 0 saturated heterocycles. The van der Waals surface area contributed by atoms with Crippen LogP contribution in [0.3, 0.4) is 0 Å². The van der Waals surface area contributed by atoms with E-state index in [0.717, 1.165) is 34.5 Å². The van der Waals surface area contributed by atoms with E-state index in [1.807, 2.05) is 41.1 Å². The molecule has 1 atom stereocenters. The van der Waals surface area contributed by atoms with Gasteiger partial charge in [0.05, 0.1) is 19.1 Å². The molecule has 1 unspecified atom stereocenters. The summed E-state index contributed by atoms with van der Waals surface area (Å²) in [4.78, 5) is 21.7. The van der Waals surface area contributed by atoms with Crippen LogP contribution in [0.25, 0.3) is 0 Å². The second-order valence-corrected chi connectivity index (χ2v) is 7.99. The van der Waals surface area contributed by atoms with Crippen molar-refractivity contribution in [1.82, 2.24) is 14.9 Å². The number of benzene rings is 2. The fraction of sp³-hybridized carbons (Fsp3) is 0.320. The number of nitrogens with one attached hydrogen (secondary N) is 1. The Bertz CT molecular complexity index is 1100. The molecule has 1 N–H and O–H groups in total. The van der Waals surface area contributed by atoms with E-state index >= 15 is 0 Å². The summed E-state index contributed by atoms with van der Waals surface area (Å²) in [5.41, 5.74) is 4.76. The molecular weight excluding hydrogens is 404 g/mol. The highest BCUT2D eigenvalue weighted by molar-refractivity contribution is 6.09. The van der Waals surface area contributed by atoms with Crippen molar-refractivity contribution in [3.8, 4) is 5.75 Å². The number of aromatic nitrogens is 2. The number of fused-ring (bicyclic) bond motifs is 1. The Morgan fingerprint density at radius 1 is 1.19 bits per heavy atom. The number of hydrogen-bond acceptors (Lipinski definition) is 5. The fourth-order valence-electron chi connectivity index (χ4n) is 3.95. The van der Waals surface area contributed by atoms with Crippen LogP contribution in [0.15, 0.2) is 60.1 Å². The predicted molar refractivity (Wildman–Crippen MR) is 124 cm³/mol. The Kier molecular flexibility index (Phi) is 6.66. The summed E-state index contributed by atoms with van der Waals surface area (Å²) in [5, 5.41) is 2.98. The van der Waals surface area contributed by atoms with Crippen LogP contribution in [0, 0.1) is 0 Å². The Labute approximate surface area is 188 Å². The minimum atomic E-state index is -0.168. The van der Waals surface area contributed by atoms with E-state index in [-0.39, 0.29) is 11.8 Å². The van der Waals surface area contributed by atoms with E-state index < -0.39 is 0 Å². The van der Waals surface area contributed by atoms with Gasteiger partial charge in [-0.3, -0.25) is 4.79 Å². The van der Waals surface area contributed by atoms with Gasteiger partial charge in [-0.25, -0.2) is 9.98 Å². The average molecular weight is 433 g/mol. The van der Waals surface area contributed by atoms with Crippen LogP contribution in [0.1, 0.15) is 46.3 Å². The van der Waals surface area contributed by atoms with Crippen LogP contribution in [-0.4, -0.2) is 42.1 Å². The fourth-order valence-corrected chi connectivity index (χ4v) is 3.95. The number of methoxy groups -OCH3 is 2. The molecule has 1 aromatic heterocycles. The smallest absolute Gasteiger partial charge is 0.256 e. The zero-order valence-corrected chi connectivity index (χ0v) is 18.7. The molecule has 0 bridgehead atoms. The van der Waals surface area contributed by atoms with Gasteiger partial charge in [0, 0.05) is 50.2 Å². The molecule has 1 aliphatic heterocycles. The molecule has 2 heterocycles. The van der Waals surface area contributed by atoms with Crippen molar-refractivity contribution in [2.45, 2.75) is 32.2 Å². The third-order valence-corrected chi connectivity index (χ3v) is 5.77. The molecule has 0 aliphatic carbocycles. The van der Waals surface area contributed by atoms with E-state index in [1.165, 1.54) is 0 Å². The van der Waals surface area contributed by atoms with Crippen LogP contribution in [-0.2, 0) is 17.7 Å². The van der Waals surface area contributed by atoms with Crippen molar-refractivity contribution in [3.63, 3.8) is 0 Å². The molecule has 2 aromatic carbocycles. The highest BCUT2D eigenvalue weighted by Crippen LogP contribution is 2.41. The maximum Gasteiger partial charge on any atom is 0.256 e. The van der Waals surface area contributed by atoms with Crippen molar-refractivity contribution in [3.05, 3.63) is 77.4 Å². The van der Waals surface area contributed by atoms with Crippen molar-refractivity contribution in [1.29, 1.82) is 0 Å². The lowest BCUT2D eigenvalue weighted by atomic mass is 9.93. The second kappa shape index (κ2) is 9.78. The number of amides is 1. The molecule has 0 saturated carbocycles. The molecule has 4 rings (SSSR count). The topological polar surface area (TPSA) is 77.7 Å². The van der Waals surface area contributed by atoms with Gasteiger partial charge in [0.1, 0.15) is 11.6 Å².